The number of hydrogen-bond donors (Lipinski definition) is 2. The van der Waals surface area contributed by atoms with Crippen LogP contribution < -0.4 is 10.0 Å². The molecule has 3 unspecified atom stereocenters. The highest BCUT2D eigenvalue weighted by Crippen LogP contribution is 2.38. The van der Waals surface area contributed by atoms with E-state index in [9.17, 15) is 8.42 Å². The van der Waals surface area contributed by atoms with Crippen LogP contribution in [-0.4, -0.2) is 44.9 Å². The number of hydrogen-bond acceptors (Lipinski definition) is 3. The minimum atomic E-state index is -3.25. The van der Waals surface area contributed by atoms with Gasteiger partial charge in [0, 0.05) is 25.2 Å². The fraction of sp³-hybridized carbons (Fsp3) is 1.00. The van der Waals surface area contributed by atoms with Crippen molar-refractivity contribution >= 4 is 10.2 Å². The zero-order valence-corrected chi connectivity index (χ0v) is 10.8. The highest BCUT2D eigenvalue weighted by atomic mass is 32.2. The third-order valence-electron chi connectivity index (χ3n) is 3.73. The van der Waals surface area contributed by atoms with Gasteiger partial charge in [0.1, 0.15) is 0 Å². The molecule has 0 aromatic carbocycles. The summed E-state index contributed by atoms with van der Waals surface area (Å²) in [5, 5.41) is 3.02. The lowest BCUT2D eigenvalue weighted by molar-refractivity contribution is 0.328. The van der Waals surface area contributed by atoms with E-state index in [1.165, 1.54) is 6.42 Å². The third kappa shape index (κ3) is 2.40. The fourth-order valence-corrected chi connectivity index (χ4v) is 4.21. The highest BCUT2D eigenvalue weighted by Gasteiger charge is 2.43. The summed E-state index contributed by atoms with van der Waals surface area (Å²) >= 11 is 0. The number of piperidine rings is 1. The van der Waals surface area contributed by atoms with Gasteiger partial charge in [0.25, 0.3) is 10.2 Å². The predicted octanol–water partition coefficient (Wildman–Crippen LogP) is -0.0870. The topological polar surface area (TPSA) is 61.4 Å². The molecule has 5 nitrogen and oxygen atoms in total. The Bertz CT molecular complexity index is 344. The van der Waals surface area contributed by atoms with E-state index in [1.807, 2.05) is 14.0 Å². The molecule has 2 aliphatic rings. The second-order valence-electron chi connectivity index (χ2n) is 4.95. The molecular formula is C10H21N3O2S. The largest absolute Gasteiger partial charge is 0.316 e. The maximum atomic E-state index is 12.0. The summed E-state index contributed by atoms with van der Waals surface area (Å²) in [6.07, 6.45) is 3.29. The zero-order chi connectivity index (χ0) is 11.8. The van der Waals surface area contributed by atoms with Crippen LogP contribution >= 0.6 is 0 Å². The van der Waals surface area contributed by atoms with Crippen LogP contribution in [0.5, 0.6) is 0 Å². The molecule has 6 heteroatoms. The van der Waals surface area contributed by atoms with E-state index in [0.717, 1.165) is 12.8 Å². The van der Waals surface area contributed by atoms with Crippen LogP contribution in [-0.2, 0) is 10.2 Å². The second kappa shape index (κ2) is 4.60. The van der Waals surface area contributed by atoms with Gasteiger partial charge in [-0.1, -0.05) is 0 Å². The first-order valence-electron chi connectivity index (χ1n) is 5.96. The SMILES string of the molecule is CNC(C)CNS(=O)(=O)N1CC2CCC1C2. The predicted molar refractivity (Wildman–Crippen MR) is 63.3 cm³/mol. The van der Waals surface area contributed by atoms with Crippen molar-refractivity contribution in [2.75, 3.05) is 20.1 Å². The smallest absolute Gasteiger partial charge is 0.279 e. The first-order chi connectivity index (χ1) is 7.53. The van der Waals surface area contributed by atoms with Gasteiger partial charge < -0.3 is 5.32 Å². The summed E-state index contributed by atoms with van der Waals surface area (Å²) in [5.74, 6) is 0.600. The van der Waals surface area contributed by atoms with E-state index in [4.69, 9.17) is 0 Å². The van der Waals surface area contributed by atoms with E-state index >= 15 is 0 Å². The van der Waals surface area contributed by atoms with Crippen LogP contribution in [0.1, 0.15) is 26.2 Å². The van der Waals surface area contributed by atoms with Gasteiger partial charge in [-0.3, -0.25) is 0 Å². The summed E-state index contributed by atoms with van der Waals surface area (Å²) in [4.78, 5) is 0. The minimum Gasteiger partial charge on any atom is -0.316 e. The van der Waals surface area contributed by atoms with Crippen molar-refractivity contribution in [1.82, 2.24) is 14.3 Å². The Balaban J connectivity index is 1.92. The van der Waals surface area contributed by atoms with Gasteiger partial charge in [-0.15, -0.1) is 0 Å². The Morgan fingerprint density at radius 2 is 2.19 bits per heavy atom. The number of likely N-dealkylation sites (N-methyl/N-ethyl adjacent to an activating group) is 1. The average molecular weight is 247 g/mol. The Morgan fingerprint density at radius 3 is 2.69 bits per heavy atom. The summed E-state index contributed by atoms with van der Waals surface area (Å²) in [5.41, 5.74) is 0. The Kier molecular flexibility index (Phi) is 3.53. The maximum Gasteiger partial charge on any atom is 0.279 e. The summed E-state index contributed by atoms with van der Waals surface area (Å²) < 4.78 is 28.4. The van der Waals surface area contributed by atoms with Crippen LogP contribution in [0.3, 0.4) is 0 Å². The van der Waals surface area contributed by atoms with Gasteiger partial charge in [-0.05, 0) is 39.2 Å². The molecule has 1 heterocycles. The van der Waals surface area contributed by atoms with Gasteiger partial charge in [0.05, 0.1) is 0 Å². The molecule has 1 aliphatic heterocycles. The second-order valence-corrected chi connectivity index (χ2v) is 6.65. The number of nitrogens with zero attached hydrogens (tertiary/aromatic N) is 1. The van der Waals surface area contributed by atoms with Crippen molar-refractivity contribution < 1.29 is 8.42 Å². The lowest BCUT2D eigenvalue weighted by Crippen LogP contribution is -2.47. The monoisotopic (exact) mass is 247 g/mol. The van der Waals surface area contributed by atoms with Crippen molar-refractivity contribution in [2.24, 2.45) is 5.92 Å². The molecule has 2 rings (SSSR count). The van der Waals surface area contributed by atoms with E-state index in [1.54, 1.807) is 4.31 Å². The Labute approximate surface area is 97.8 Å². The molecule has 2 N–H and O–H groups in total. The van der Waals surface area contributed by atoms with Crippen LogP contribution in [0.15, 0.2) is 0 Å². The normalized spacial score (nSPS) is 32.1. The number of nitrogens with one attached hydrogen (secondary N) is 2. The molecule has 1 saturated carbocycles. The first kappa shape index (κ1) is 12.3. The van der Waals surface area contributed by atoms with Crippen molar-refractivity contribution in [3.05, 3.63) is 0 Å². The molecule has 0 aromatic heterocycles. The molecule has 0 aromatic rings. The van der Waals surface area contributed by atoms with Crippen molar-refractivity contribution in [3.8, 4) is 0 Å². The maximum absolute atomic E-state index is 12.0. The molecule has 0 radical (unpaired) electrons. The summed E-state index contributed by atoms with van der Waals surface area (Å²) in [6, 6.07) is 0.418. The third-order valence-corrected chi connectivity index (χ3v) is 5.33. The lowest BCUT2D eigenvalue weighted by Gasteiger charge is -2.26. The minimum absolute atomic E-state index is 0.162. The molecule has 16 heavy (non-hydrogen) atoms. The zero-order valence-electron chi connectivity index (χ0n) is 9.94. The average Bonchev–Trinajstić information content (AvgIpc) is 2.87. The standard InChI is InChI=1S/C10H21N3O2S/c1-8(11-2)6-12-16(14,15)13-7-9-3-4-10(13)5-9/h8-12H,3-7H2,1-2H3. The molecule has 0 spiro atoms. The van der Waals surface area contributed by atoms with Crippen molar-refractivity contribution in [3.63, 3.8) is 0 Å². The quantitative estimate of drug-likeness (QED) is 0.714. The molecule has 3 atom stereocenters. The molecule has 0 amide bonds. The molecule has 2 fully saturated rings. The summed E-state index contributed by atoms with van der Waals surface area (Å²) in [7, 11) is -1.42. The Hall–Kier alpha value is -0.170. The number of rotatable bonds is 5. The van der Waals surface area contributed by atoms with Crippen molar-refractivity contribution in [1.29, 1.82) is 0 Å². The summed E-state index contributed by atoms with van der Waals surface area (Å²) in [6.45, 7) is 3.12. The fourth-order valence-electron chi connectivity index (χ4n) is 2.59. The van der Waals surface area contributed by atoms with Gasteiger partial charge in [0.15, 0.2) is 0 Å². The molecule has 1 aliphatic carbocycles. The van der Waals surface area contributed by atoms with Gasteiger partial charge in [-0.2, -0.15) is 12.7 Å². The van der Waals surface area contributed by atoms with Crippen LogP contribution in [0.25, 0.3) is 0 Å². The molecule has 2 bridgehead atoms. The van der Waals surface area contributed by atoms with Gasteiger partial charge >= 0.3 is 0 Å². The van der Waals surface area contributed by atoms with Gasteiger partial charge in [-0.25, -0.2) is 4.72 Å². The van der Waals surface area contributed by atoms with Crippen LogP contribution in [0, 0.1) is 5.92 Å². The van der Waals surface area contributed by atoms with Crippen molar-refractivity contribution in [2.45, 2.75) is 38.3 Å². The van der Waals surface area contributed by atoms with Gasteiger partial charge in [0.2, 0.25) is 0 Å². The van der Waals surface area contributed by atoms with Crippen LogP contribution in [0.4, 0.5) is 0 Å². The Morgan fingerprint density at radius 1 is 1.44 bits per heavy atom. The molecular weight excluding hydrogens is 226 g/mol. The van der Waals surface area contributed by atoms with E-state index < -0.39 is 10.2 Å². The highest BCUT2D eigenvalue weighted by molar-refractivity contribution is 7.87. The van der Waals surface area contributed by atoms with E-state index in [0.29, 0.717) is 19.0 Å². The van der Waals surface area contributed by atoms with Crippen LogP contribution in [0.2, 0.25) is 0 Å². The first-order valence-corrected chi connectivity index (χ1v) is 7.40. The molecule has 94 valence electrons. The number of fused-ring (bicyclic) bond motifs is 2. The van der Waals surface area contributed by atoms with E-state index in [-0.39, 0.29) is 12.1 Å². The molecule has 1 saturated heterocycles. The lowest BCUT2D eigenvalue weighted by atomic mass is 10.1. The van der Waals surface area contributed by atoms with E-state index in [2.05, 4.69) is 10.0 Å².